The molecule has 3 atom stereocenters. The average Bonchev–Trinajstić information content (AvgIpc) is 3.07. The molecule has 0 aliphatic carbocycles. The van der Waals surface area contributed by atoms with Gasteiger partial charge in [-0.3, -0.25) is 4.79 Å². The Hall–Kier alpha value is -2.55. The zero-order chi connectivity index (χ0) is 19.1. The van der Waals surface area contributed by atoms with E-state index in [1.54, 1.807) is 6.92 Å². The molecule has 26 heavy (non-hydrogen) atoms. The summed E-state index contributed by atoms with van der Waals surface area (Å²) in [6, 6.07) is 0. The molecule has 138 valence electrons. The van der Waals surface area contributed by atoms with Crippen LogP contribution in [0.2, 0.25) is 0 Å². The van der Waals surface area contributed by atoms with E-state index < -0.39 is 30.8 Å². The number of halogens is 1. The number of alkyl halides is 1. The van der Waals surface area contributed by atoms with Crippen LogP contribution in [0.4, 0.5) is 4.39 Å². The third-order valence-corrected chi connectivity index (χ3v) is 4.65. The number of hydrogen-bond acceptors (Lipinski definition) is 7. The fourth-order valence-corrected chi connectivity index (χ4v) is 3.17. The number of hydrogen-bond donors (Lipinski definition) is 1. The summed E-state index contributed by atoms with van der Waals surface area (Å²) in [5, 5.41) is 11.0. The molecule has 1 aliphatic rings. The van der Waals surface area contributed by atoms with Gasteiger partial charge in [-0.15, -0.1) is 5.10 Å². The van der Waals surface area contributed by atoms with E-state index in [2.05, 4.69) is 30.3 Å². The van der Waals surface area contributed by atoms with Crippen molar-refractivity contribution in [3.05, 3.63) is 38.5 Å². The Balaban J connectivity index is 2.05. The first-order valence-corrected chi connectivity index (χ1v) is 10.3. The molecule has 2 aromatic heterocycles. The van der Waals surface area contributed by atoms with Gasteiger partial charge < -0.3 is 14.3 Å². The van der Waals surface area contributed by atoms with Crippen molar-refractivity contribution in [1.82, 2.24) is 25.0 Å². The van der Waals surface area contributed by atoms with Crippen LogP contribution in [0.15, 0.2) is 21.8 Å². The zero-order valence-corrected chi connectivity index (χ0v) is 15.1. The molecule has 11 nitrogen and oxygen atoms in total. The molecular formula is C13H16FN8O3P. The SMILES string of the molecule is Cc1nc2c(nnn2C2CC(F)C(/C=C/P(C)(C)=O)(N=[N+]=[N-])O2)c(=O)[nH]1. The predicted molar refractivity (Wildman–Crippen MR) is 90.8 cm³/mol. The summed E-state index contributed by atoms with van der Waals surface area (Å²) in [7, 11) is -2.65. The topological polar surface area (TPSA) is 152 Å². The van der Waals surface area contributed by atoms with E-state index in [-0.39, 0.29) is 17.6 Å². The molecule has 1 N–H and O–H groups in total. The molecule has 3 rings (SSSR count). The molecule has 0 radical (unpaired) electrons. The number of rotatable bonds is 4. The van der Waals surface area contributed by atoms with Gasteiger partial charge in [0.05, 0.1) is 0 Å². The molecule has 0 bridgehead atoms. The second-order valence-electron chi connectivity index (χ2n) is 6.32. The number of ether oxygens (including phenoxy) is 1. The summed E-state index contributed by atoms with van der Waals surface area (Å²) in [4.78, 5) is 21.2. The third kappa shape index (κ3) is 3.26. The molecule has 2 aromatic rings. The van der Waals surface area contributed by atoms with Crippen molar-refractivity contribution in [1.29, 1.82) is 0 Å². The van der Waals surface area contributed by atoms with Gasteiger partial charge in [-0.25, -0.2) is 9.37 Å². The minimum Gasteiger partial charge on any atom is -0.336 e. The Morgan fingerprint density at radius 1 is 1.58 bits per heavy atom. The Morgan fingerprint density at radius 3 is 2.96 bits per heavy atom. The Kier molecular flexibility index (Phi) is 4.43. The van der Waals surface area contributed by atoms with Crippen LogP contribution in [0.25, 0.3) is 21.6 Å². The molecule has 3 unspecified atom stereocenters. The van der Waals surface area contributed by atoms with Gasteiger partial charge in [0.15, 0.2) is 23.1 Å². The minimum atomic E-state index is -2.65. The van der Waals surface area contributed by atoms with Gasteiger partial charge in [-0.05, 0) is 37.7 Å². The van der Waals surface area contributed by atoms with Crippen LogP contribution in [-0.2, 0) is 9.30 Å². The van der Waals surface area contributed by atoms with Crippen LogP contribution < -0.4 is 5.56 Å². The number of fused-ring (bicyclic) bond motifs is 1. The van der Waals surface area contributed by atoms with Gasteiger partial charge in [0.1, 0.15) is 19.1 Å². The lowest BCUT2D eigenvalue weighted by atomic mass is 10.1. The standard InChI is InChI=1S/C13H16FN8O3P/c1-7-16-11-10(12(23)17-7)18-21-22(11)9-6-8(14)13(25-9,19-20-15)4-5-26(2,3)24/h4-5,8-9H,6H2,1-3H3,(H,16,17,23)/b5-4+. The summed E-state index contributed by atoms with van der Waals surface area (Å²) in [6.07, 6.45) is -1.77. The minimum absolute atomic E-state index is 0.0157. The first-order chi connectivity index (χ1) is 12.1. The second-order valence-corrected chi connectivity index (χ2v) is 9.49. The molecule has 1 fully saturated rings. The van der Waals surface area contributed by atoms with E-state index in [9.17, 15) is 13.8 Å². The number of nitrogens with zero attached hydrogens (tertiary/aromatic N) is 7. The molecule has 0 amide bonds. The monoisotopic (exact) mass is 382 g/mol. The summed E-state index contributed by atoms with van der Waals surface area (Å²) < 4.78 is 33.4. The summed E-state index contributed by atoms with van der Waals surface area (Å²) >= 11 is 0. The number of azide groups is 1. The highest BCUT2D eigenvalue weighted by Crippen LogP contribution is 2.45. The summed E-state index contributed by atoms with van der Waals surface area (Å²) in [5.74, 6) is 1.61. The number of nitrogens with one attached hydrogen (secondary N) is 1. The van der Waals surface area contributed by atoms with E-state index in [1.165, 1.54) is 29.9 Å². The van der Waals surface area contributed by atoms with Gasteiger partial charge in [0, 0.05) is 11.3 Å². The Bertz CT molecular complexity index is 1040. The molecule has 0 spiro atoms. The Morgan fingerprint density at radius 2 is 2.31 bits per heavy atom. The van der Waals surface area contributed by atoms with Crippen molar-refractivity contribution < 1.29 is 13.7 Å². The fraction of sp³-hybridized carbons (Fsp3) is 0.538. The van der Waals surface area contributed by atoms with Crippen molar-refractivity contribution in [3.63, 3.8) is 0 Å². The summed E-state index contributed by atoms with van der Waals surface area (Å²) in [5.41, 5.74) is 6.48. The lowest BCUT2D eigenvalue weighted by Crippen LogP contribution is -2.31. The van der Waals surface area contributed by atoms with Gasteiger partial charge in [-0.2, -0.15) is 4.68 Å². The van der Waals surface area contributed by atoms with E-state index >= 15 is 0 Å². The van der Waals surface area contributed by atoms with Crippen LogP contribution in [0.5, 0.6) is 0 Å². The van der Waals surface area contributed by atoms with Crippen molar-refractivity contribution in [2.75, 3.05) is 13.3 Å². The average molecular weight is 382 g/mol. The van der Waals surface area contributed by atoms with Gasteiger partial charge in [0.25, 0.3) is 5.56 Å². The largest absolute Gasteiger partial charge is 0.336 e. The predicted octanol–water partition coefficient (Wildman–Crippen LogP) is 2.22. The number of H-pyrrole nitrogens is 1. The fourth-order valence-electron chi connectivity index (χ4n) is 2.60. The van der Waals surface area contributed by atoms with Crippen molar-refractivity contribution >= 4 is 18.3 Å². The van der Waals surface area contributed by atoms with Crippen molar-refractivity contribution in [2.24, 2.45) is 5.11 Å². The lowest BCUT2D eigenvalue weighted by molar-refractivity contribution is -0.0574. The number of aromatic nitrogens is 5. The number of aryl methyl sites for hydroxylation is 1. The first-order valence-electron chi connectivity index (χ1n) is 7.60. The van der Waals surface area contributed by atoms with Crippen LogP contribution in [0.1, 0.15) is 18.5 Å². The van der Waals surface area contributed by atoms with Gasteiger partial charge in [0.2, 0.25) is 0 Å². The van der Waals surface area contributed by atoms with Crippen molar-refractivity contribution in [2.45, 2.75) is 31.5 Å². The van der Waals surface area contributed by atoms with Gasteiger partial charge >= 0.3 is 0 Å². The summed E-state index contributed by atoms with van der Waals surface area (Å²) in [6.45, 7) is 4.55. The van der Waals surface area contributed by atoms with Crippen LogP contribution in [-0.4, -0.2) is 50.2 Å². The maximum Gasteiger partial charge on any atom is 0.281 e. The molecule has 3 heterocycles. The maximum absolute atomic E-state index is 14.7. The lowest BCUT2D eigenvalue weighted by Gasteiger charge is -2.22. The second kappa shape index (κ2) is 6.31. The molecule has 1 saturated heterocycles. The maximum atomic E-state index is 14.7. The highest BCUT2D eigenvalue weighted by molar-refractivity contribution is 7.65. The molecule has 13 heteroatoms. The number of aromatic amines is 1. The van der Waals surface area contributed by atoms with Crippen LogP contribution in [0, 0.1) is 6.92 Å². The van der Waals surface area contributed by atoms with Crippen molar-refractivity contribution in [3.8, 4) is 0 Å². The van der Waals surface area contributed by atoms with E-state index in [1.807, 2.05) is 0 Å². The van der Waals surface area contributed by atoms with Crippen LogP contribution in [0.3, 0.4) is 0 Å². The highest BCUT2D eigenvalue weighted by atomic mass is 31.2. The zero-order valence-electron chi connectivity index (χ0n) is 14.2. The first kappa shape index (κ1) is 18.2. The van der Waals surface area contributed by atoms with E-state index in [0.29, 0.717) is 5.82 Å². The molecule has 1 aliphatic heterocycles. The van der Waals surface area contributed by atoms with Crippen LogP contribution >= 0.6 is 7.14 Å². The normalized spacial score (nSPS) is 26.5. The van der Waals surface area contributed by atoms with E-state index in [4.69, 9.17) is 10.3 Å². The quantitative estimate of drug-likeness (QED) is 0.370. The molecule has 0 saturated carbocycles. The molecule has 0 aromatic carbocycles. The highest BCUT2D eigenvalue weighted by Gasteiger charge is 2.49. The molecular weight excluding hydrogens is 366 g/mol. The van der Waals surface area contributed by atoms with Gasteiger partial charge in [-0.1, -0.05) is 10.3 Å². The smallest absolute Gasteiger partial charge is 0.281 e. The van der Waals surface area contributed by atoms with E-state index in [0.717, 1.165) is 0 Å². The third-order valence-electron chi connectivity index (χ3n) is 3.78. The Labute approximate surface area is 146 Å².